The fourth-order valence-electron chi connectivity index (χ4n) is 2.31. The summed E-state index contributed by atoms with van der Waals surface area (Å²) < 4.78 is 5.13. The zero-order chi connectivity index (χ0) is 11.5. The van der Waals surface area contributed by atoms with Gasteiger partial charge in [-0.3, -0.25) is 0 Å². The van der Waals surface area contributed by atoms with Gasteiger partial charge < -0.3 is 9.84 Å². The third-order valence-corrected chi connectivity index (χ3v) is 3.37. The first-order chi connectivity index (χ1) is 7.70. The highest BCUT2D eigenvalue weighted by molar-refractivity contribution is 5.43. The van der Waals surface area contributed by atoms with E-state index in [9.17, 15) is 5.11 Å². The van der Waals surface area contributed by atoms with Crippen molar-refractivity contribution < 1.29 is 9.84 Å². The predicted octanol–water partition coefficient (Wildman–Crippen LogP) is 3.61. The van der Waals surface area contributed by atoms with Crippen LogP contribution >= 0.6 is 0 Å². The summed E-state index contributed by atoms with van der Waals surface area (Å²) in [4.78, 5) is 0. The molecule has 16 heavy (non-hydrogen) atoms. The molecule has 0 spiro atoms. The Labute approximate surface area is 96.6 Å². The molecule has 0 aromatic heterocycles. The van der Waals surface area contributed by atoms with Crippen molar-refractivity contribution in [3.63, 3.8) is 0 Å². The SMILES string of the molecule is C=C1CCC(c2ccc(O)c(OC)c2)CC1. The summed E-state index contributed by atoms with van der Waals surface area (Å²) in [6.45, 7) is 4.03. The summed E-state index contributed by atoms with van der Waals surface area (Å²) in [5.74, 6) is 1.37. The molecule has 0 heterocycles. The van der Waals surface area contributed by atoms with E-state index in [2.05, 4.69) is 6.58 Å². The number of methoxy groups -OCH3 is 1. The molecule has 1 aromatic rings. The smallest absolute Gasteiger partial charge is 0.160 e. The molecule has 2 rings (SSSR count). The summed E-state index contributed by atoms with van der Waals surface area (Å²) in [6, 6.07) is 5.67. The molecule has 1 fully saturated rings. The summed E-state index contributed by atoms with van der Waals surface area (Å²) in [5, 5.41) is 9.54. The monoisotopic (exact) mass is 218 g/mol. The molecular formula is C14H18O2. The van der Waals surface area contributed by atoms with Crippen LogP contribution in [-0.4, -0.2) is 12.2 Å². The van der Waals surface area contributed by atoms with Crippen LogP contribution < -0.4 is 4.74 Å². The first-order valence-corrected chi connectivity index (χ1v) is 5.74. The minimum atomic E-state index is 0.214. The van der Waals surface area contributed by atoms with Crippen LogP contribution in [0.3, 0.4) is 0 Å². The fraction of sp³-hybridized carbons (Fsp3) is 0.429. The third-order valence-electron chi connectivity index (χ3n) is 3.37. The molecule has 1 aliphatic rings. The van der Waals surface area contributed by atoms with Crippen molar-refractivity contribution in [1.29, 1.82) is 0 Å². The van der Waals surface area contributed by atoms with E-state index in [1.807, 2.05) is 12.1 Å². The number of allylic oxidation sites excluding steroid dienone is 1. The molecule has 86 valence electrons. The summed E-state index contributed by atoms with van der Waals surface area (Å²) in [6.07, 6.45) is 4.56. The zero-order valence-corrected chi connectivity index (χ0v) is 9.70. The number of phenolic OH excluding ortho intramolecular Hbond substituents is 1. The Morgan fingerprint density at radius 1 is 1.31 bits per heavy atom. The van der Waals surface area contributed by atoms with Gasteiger partial charge in [0, 0.05) is 0 Å². The quantitative estimate of drug-likeness (QED) is 0.768. The van der Waals surface area contributed by atoms with Gasteiger partial charge >= 0.3 is 0 Å². The highest BCUT2D eigenvalue weighted by atomic mass is 16.5. The molecule has 1 N–H and O–H groups in total. The summed E-state index contributed by atoms with van der Waals surface area (Å²) in [7, 11) is 1.58. The van der Waals surface area contributed by atoms with Gasteiger partial charge in [-0.2, -0.15) is 0 Å². The summed E-state index contributed by atoms with van der Waals surface area (Å²) >= 11 is 0. The lowest BCUT2D eigenvalue weighted by atomic mass is 9.82. The van der Waals surface area contributed by atoms with E-state index >= 15 is 0 Å². The predicted molar refractivity (Wildman–Crippen MR) is 65.0 cm³/mol. The van der Waals surface area contributed by atoms with E-state index in [0.29, 0.717) is 11.7 Å². The van der Waals surface area contributed by atoms with Gasteiger partial charge in [-0.1, -0.05) is 18.2 Å². The van der Waals surface area contributed by atoms with Crippen molar-refractivity contribution in [1.82, 2.24) is 0 Å². The molecule has 0 bridgehead atoms. The van der Waals surface area contributed by atoms with Gasteiger partial charge in [-0.25, -0.2) is 0 Å². The second kappa shape index (κ2) is 4.60. The number of phenols is 1. The number of rotatable bonds is 2. The van der Waals surface area contributed by atoms with Crippen molar-refractivity contribution in [2.75, 3.05) is 7.11 Å². The maximum Gasteiger partial charge on any atom is 0.160 e. The van der Waals surface area contributed by atoms with Crippen molar-refractivity contribution in [3.8, 4) is 11.5 Å². The fourth-order valence-corrected chi connectivity index (χ4v) is 2.31. The Hall–Kier alpha value is -1.44. The van der Waals surface area contributed by atoms with Crippen LogP contribution in [0.15, 0.2) is 30.4 Å². The van der Waals surface area contributed by atoms with Crippen molar-refractivity contribution in [2.45, 2.75) is 31.6 Å². The third kappa shape index (κ3) is 2.21. The average molecular weight is 218 g/mol. The molecule has 0 saturated heterocycles. The molecule has 2 heteroatoms. The number of hydrogen-bond donors (Lipinski definition) is 1. The van der Waals surface area contributed by atoms with Gasteiger partial charge in [-0.15, -0.1) is 0 Å². The highest BCUT2D eigenvalue weighted by Crippen LogP contribution is 2.37. The molecule has 0 aliphatic heterocycles. The lowest BCUT2D eigenvalue weighted by molar-refractivity contribution is 0.372. The molecule has 1 aliphatic carbocycles. The van der Waals surface area contributed by atoms with E-state index < -0.39 is 0 Å². The molecule has 0 unspecified atom stereocenters. The number of hydrogen-bond acceptors (Lipinski definition) is 2. The Bertz CT molecular complexity index is 386. The maximum atomic E-state index is 9.54. The minimum Gasteiger partial charge on any atom is -0.504 e. The molecular weight excluding hydrogens is 200 g/mol. The van der Waals surface area contributed by atoms with E-state index in [4.69, 9.17) is 4.74 Å². The number of benzene rings is 1. The number of ether oxygens (including phenoxy) is 1. The van der Waals surface area contributed by atoms with Gasteiger partial charge in [-0.05, 0) is 49.3 Å². The van der Waals surface area contributed by atoms with Gasteiger partial charge in [0.2, 0.25) is 0 Å². The standard InChI is InChI=1S/C14H18O2/c1-10-3-5-11(6-4-10)12-7-8-13(15)14(9-12)16-2/h7-9,11,15H,1,3-6H2,2H3. The van der Waals surface area contributed by atoms with E-state index in [-0.39, 0.29) is 5.75 Å². The Balaban J connectivity index is 2.17. The molecule has 1 saturated carbocycles. The topological polar surface area (TPSA) is 29.5 Å². The Morgan fingerprint density at radius 2 is 2.00 bits per heavy atom. The van der Waals surface area contributed by atoms with Crippen LogP contribution in [0.1, 0.15) is 37.2 Å². The van der Waals surface area contributed by atoms with Crippen molar-refractivity contribution in [3.05, 3.63) is 35.9 Å². The minimum absolute atomic E-state index is 0.214. The van der Waals surface area contributed by atoms with Gasteiger partial charge in [0.1, 0.15) is 0 Å². The van der Waals surface area contributed by atoms with Crippen LogP contribution in [0.5, 0.6) is 11.5 Å². The average Bonchev–Trinajstić information content (AvgIpc) is 2.31. The first kappa shape index (κ1) is 11.1. The Morgan fingerprint density at radius 3 is 2.62 bits per heavy atom. The molecule has 2 nitrogen and oxygen atoms in total. The lowest BCUT2D eigenvalue weighted by Crippen LogP contribution is -2.06. The van der Waals surface area contributed by atoms with Gasteiger partial charge in [0.25, 0.3) is 0 Å². The molecule has 0 radical (unpaired) electrons. The van der Waals surface area contributed by atoms with E-state index in [1.54, 1.807) is 13.2 Å². The Kier molecular flexibility index (Phi) is 3.18. The maximum absolute atomic E-state index is 9.54. The van der Waals surface area contributed by atoms with Crippen LogP contribution in [0.4, 0.5) is 0 Å². The van der Waals surface area contributed by atoms with Crippen LogP contribution in [-0.2, 0) is 0 Å². The van der Waals surface area contributed by atoms with Gasteiger partial charge in [0.05, 0.1) is 7.11 Å². The van der Waals surface area contributed by atoms with Crippen LogP contribution in [0, 0.1) is 0 Å². The first-order valence-electron chi connectivity index (χ1n) is 5.74. The largest absolute Gasteiger partial charge is 0.504 e. The second-order valence-corrected chi connectivity index (χ2v) is 4.46. The molecule has 0 amide bonds. The molecule has 0 atom stereocenters. The van der Waals surface area contributed by atoms with Crippen LogP contribution in [0.25, 0.3) is 0 Å². The second-order valence-electron chi connectivity index (χ2n) is 4.46. The molecule has 1 aromatic carbocycles. The zero-order valence-electron chi connectivity index (χ0n) is 9.70. The van der Waals surface area contributed by atoms with E-state index in [0.717, 1.165) is 25.7 Å². The summed E-state index contributed by atoms with van der Waals surface area (Å²) in [5.41, 5.74) is 2.63. The van der Waals surface area contributed by atoms with Gasteiger partial charge in [0.15, 0.2) is 11.5 Å². The van der Waals surface area contributed by atoms with Crippen molar-refractivity contribution in [2.24, 2.45) is 0 Å². The van der Waals surface area contributed by atoms with E-state index in [1.165, 1.54) is 11.1 Å². The number of aromatic hydroxyl groups is 1. The normalized spacial score (nSPS) is 17.4. The van der Waals surface area contributed by atoms with Crippen molar-refractivity contribution >= 4 is 0 Å². The lowest BCUT2D eigenvalue weighted by Gasteiger charge is -2.24. The van der Waals surface area contributed by atoms with Crippen LogP contribution in [0.2, 0.25) is 0 Å². The highest BCUT2D eigenvalue weighted by Gasteiger charge is 2.18.